The number of hydrogen-bond donors (Lipinski definition) is 0. The first-order chi connectivity index (χ1) is 8.78. The second-order valence-electron chi connectivity index (χ2n) is 5.63. The third-order valence-electron chi connectivity index (χ3n) is 3.21. The number of imide groups is 1. The highest BCUT2D eigenvalue weighted by Gasteiger charge is 2.37. The van der Waals surface area contributed by atoms with Crippen LogP contribution in [-0.4, -0.2) is 16.7 Å². The van der Waals surface area contributed by atoms with Gasteiger partial charge >= 0.3 is 0 Å². The van der Waals surface area contributed by atoms with Crippen molar-refractivity contribution in [3.63, 3.8) is 0 Å². The molecule has 0 aliphatic carbocycles. The van der Waals surface area contributed by atoms with Gasteiger partial charge in [0.25, 0.3) is 0 Å². The van der Waals surface area contributed by atoms with Crippen molar-refractivity contribution in [1.82, 2.24) is 4.90 Å². The van der Waals surface area contributed by atoms with E-state index in [1.807, 2.05) is 13.8 Å². The minimum atomic E-state index is -0.354. The second kappa shape index (κ2) is 5.04. The number of benzene rings is 1. The molecule has 2 rings (SSSR count). The van der Waals surface area contributed by atoms with Crippen LogP contribution in [0, 0.1) is 11.2 Å². The Morgan fingerprint density at radius 3 is 2.37 bits per heavy atom. The van der Waals surface area contributed by atoms with Crippen LogP contribution in [-0.2, 0) is 16.1 Å². The molecule has 0 bridgehead atoms. The van der Waals surface area contributed by atoms with Gasteiger partial charge in [0.2, 0.25) is 11.8 Å². The molecular formula is C14H15BrFNO2. The topological polar surface area (TPSA) is 37.4 Å². The summed E-state index contributed by atoms with van der Waals surface area (Å²) < 4.78 is 13.6. The maximum atomic E-state index is 13.0. The number of amides is 2. The first kappa shape index (κ1) is 14.2. The van der Waals surface area contributed by atoms with E-state index in [0.29, 0.717) is 17.3 Å². The SMILES string of the molecule is CC1(C)CC(=O)N(Cc2ccc(F)cc2Br)C(=O)C1. The second-order valence-corrected chi connectivity index (χ2v) is 6.48. The van der Waals surface area contributed by atoms with E-state index in [4.69, 9.17) is 0 Å². The normalized spacial score (nSPS) is 18.8. The Balaban J connectivity index is 2.19. The van der Waals surface area contributed by atoms with Crippen molar-refractivity contribution in [3.8, 4) is 0 Å². The molecule has 1 aromatic rings. The fourth-order valence-corrected chi connectivity index (χ4v) is 2.68. The van der Waals surface area contributed by atoms with Gasteiger partial charge in [-0.05, 0) is 23.1 Å². The number of likely N-dealkylation sites (tertiary alicyclic amines) is 1. The molecule has 1 aliphatic rings. The van der Waals surface area contributed by atoms with Crippen LogP contribution in [0.4, 0.5) is 4.39 Å². The van der Waals surface area contributed by atoms with Gasteiger partial charge in [-0.15, -0.1) is 0 Å². The summed E-state index contributed by atoms with van der Waals surface area (Å²) in [4.78, 5) is 25.3. The molecule has 0 spiro atoms. The molecule has 0 saturated carbocycles. The Kier molecular flexibility index (Phi) is 3.76. The predicted octanol–water partition coefficient (Wildman–Crippen LogP) is 3.26. The summed E-state index contributed by atoms with van der Waals surface area (Å²) in [7, 11) is 0. The zero-order valence-electron chi connectivity index (χ0n) is 10.9. The Morgan fingerprint density at radius 1 is 1.26 bits per heavy atom. The van der Waals surface area contributed by atoms with Gasteiger partial charge in [0.05, 0.1) is 6.54 Å². The minimum absolute atomic E-state index is 0.169. The highest BCUT2D eigenvalue weighted by atomic mass is 79.9. The number of hydrogen-bond acceptors (Lipinski definition) is 2. The molecule has 1 fully saturated rings. The predicted molar refractivity (Wildman–Crippen MR) is 72.7 cm³/mol. The molecule has 0 N–H and O–H groups in total. The average molecular weight is 328 g/mol. The lowest BCUT2D eigenvalue weighted by atomic mass is 9.81. The molecule has 0 aromatic heterocycles. The molecule has 1 heterocycles. The van der Waals surface area contributed by atoms with E-state index in [9.17, 15) is 14.0 Å². The van der Waals surface area contributed by atoms with Crippen molar-refractivity contribution >= 4 is 27.7 Å². The van der Waals surface area contributed by atoms with Crippen molar-refractivity contribution in [3.05, 3.63) is 34.1 Å². The minimum Gasteiger partial charge on any atom is -0.278 e. The summed E-state index contributed by atoms with van der Waals surface area (Å²) in [5.41, 5.74) is 0.452. The molecule has 1 aromatic carbocycles. The molecule has 19 heavy (non-hydrogen) atoms. The third-order valence-corrected chi connectivity index (χ3v) is 3.94. The van der Waals surface area contributed by atoms with Gasteiger partial charge in [-0.1, -0.05) is 35.8 Å². The van der Waals surface area contributed by atoms with Crippen molar-refractivity contribution in [1.29, 1.82) is 0 Å². The van der Waals surface area contributed by atoms with Crippen LogP contribution in [0.1, 0.15) is 32.3 Å². The van der Waals surface area contributed by atoms with E-state index in [1.54, 1.807) is 6.07 Å². The first-order valence-corrected chi connectivity index (χ1v) is 6.85. The number of rotatable bonds is 2. The van der Waals surface area contributed by atoms with Crippen LogP contribution in [0.15, 0.2) is 22.7 Å². The van der Waals surface area contributed by atoms with Crippen LogP contribution < -0.4 is 0 Å². The Bertz CT molecular complexity index is 522. The molecule has 5 heteroatoms. The lowest BCUT2D eigenvalue weighted by molar-refractivity contribution is -0.153. The number of carbonyl (C=O) groups excluding carboxylic acids is 2. The van der Waals surface area contributed by atoms with Gasteiger partial charge in [0, 0.05) is 17.3 Å². The Labute approximate surface area is 119 Å². The maximum Gasteiger partial charge on any atom is 0.230 e. The summed E-state index contributed by atoms with van der Waals surface area (Å²) in [5.74, 6) is -0.692. The molecule has 0 radical (unpaired) electrons. The van der Waals surface area contributed by atoms with Gasteiger partial charge < -0.3 is 0 Å². The van der Waals surface area contributed by atoms with E-state index < -0.39 is 0 Å². The van der Waals surface area contributed by atoms with Gasteiger partial charge in [0.1, 0.15) is 5.82 Å². The van der Waals surface area contributed by atoms with Gasteiger partial charge in [-0.2, -0.15) is 0 Å². The van der Waals surface area contributed by atoms with E-state index in [1.165, 1.54) is 17.0 Å². The largest absolute Gasteiger partial charge is 0.278 e. The smallest absolute Gasteiger partial charge is 0.230 e. The summed E-state index contributed by atoms with van der Waals surface area (Å²) >= 11 is 3.25. The van der Waals surface area contributed by atoms with E-state index in [-0.39, 0.29) is 29.6 Å². The zero-order valence-corrected chi connectivity index (χ0v) is 12.5. The maximum absolute atomic E-state index is 13.0. The summed E-state index contributed by atoms with van der Waals surface area (Å²) in [6.07, 6.45) is 0.717. The Hall–Kier alpha value is -1.23. The first-order valence-electron chi connectivity index (χ1n) is 6.06. The van der Waals surface area contributed by atoms with Crippen molar-refractivity contribution in [2.45, 2.75) is 33.2 Å². The van der Waals surface area contributed by atoms with Crippen LogP contribution in [0.5, 0.6) is 0 Å². The van der Waals surface area contributed by atoms with Gasteiger partial charge in [0.15, 0.2) is 0 Å². The highest BCUT2D eigenvalue weighted by molar-refractivity contribution is 9.10. The number of piperidine rings is 1. The van der Waals surface area contributed by atoms with Gasteiger partial charge in [-0.25, -0.2) is 4.39 Å². The van der Waals surface area contributed by atoms with Crippen LogP contribution >= 0.6 is 15.9 Å². The average Bonchev–Trinajstić information content (AvgIpc) is 2.24. The summed E-state index contributed by atoms with van der Waals surface area (Å²) in [6, 6.07) is 4.24. The van der Waals surface area contributed by atoms with E-state index >= 15 is 0 Å². The third kappa shape index (κ3) is 3.21. The molecular weight excluding hydrogens is 313 g/mol. The van der Waals surface area contributed by atoms with Crippen LogP contribution in [0.25, 0.3) is 0 Å². The van der Waals surface area contributed by atoms with Crippen molar-refractivity contribution < 1.29 is 14.0 Å². The molecule has 102 valence electrons. The van der Waals surface area contributed by atoms with Gasteiger partial charge in [-0.3, -0.25) is 14.5 Å². The van der Waals surface area contributed by atoms with Crippen LogP contribution in [0.3, 0.4) is 0 Å². The molecule has 3 nitrogen and oxygen atoms in total. The van der Waals surface area contributed by atoms with E-state index in [0.717, 1.165) is 5.56 Å². The lowest BCUT2D eigenvalue weighted by Gasteiger charge is -2.34. The fourth-order valence-electron chi connectivity index (χ4n) is 2.21. The lowest BCUT2D eigenvalue weighted by Crippen LogP contribution is -2.45. The quantitative estimate of drug-likeness (QED) is 0.782. The molecule has 0 atom stereocenters. The summed E-state index contributed by atoms with van der Waals surface area (Å²) in [6.45, 7) is 4.01. The monoisotopic (exact) mass is 327 g/mol. The molecule has 1 aliphatic heterocycles. The van der Waals surface area contributed by atoms with Crippen LogP contribution in [0.2, 0.25) is 0 Å². The number of halogens is 2. The highest BCUT2D eigenvalue weighted by Crippen LogP contribution is 2.32. The summed E-state index contributed by atoms with van der Waals surface area (Å²) in [5, 5.41) is 0. The Morgan fingerprint density at radius 2 is 1.84 bits per heavy atom. The van der Waals surface area contributed by atoms with Crippen molar-refractivity contribution in [2.75, 3.05) is 0 Å². The number of nitrogens with zero attached hydrogens (tertiary/aromatic N) is 1. The zero-order chi connectivity index (χ0) is 14.2. The number of carbonyl (C=O) groups is 2. The fraction of sp³-hybridized carbons (Fsp3) is 0.429. The standard InChI is InChI=1S/C14H15BrFNO2/c1-14(2)6-12(18)17(13(19)7-14)8-9-3-4-10(16)5-11(9)15/h3-5H,6-8H2,1-2H3. The molecule has 0 unspecified atom stereocenters. The molecule has 2 amide bonds. The van der Waals surface area contributed by atoms with Crippen molar-refractivity contribution in [2.24, 2.45) is 5.41 Å². The van der Waals surface area contributed by atoms with E-state index in [2.05, 4.69) is 15.9 Å². The molecule has 1 saturated heterocycles.